The predicted octanol–water partition coefficient (Wildman–Crippen LogP) is 1.42. The van der Waals surface area contributed by atoms with E-state index >= 15 is 0 Å². The molecule has 0 saturated carbocycles. The lowest BCUT2D eigenvalue weighted by Gasteiger charge is -2.04. The lowest BCUT2D eigenvalue weighted by atomic mass is 10.6. The summed E-state index contributed by atoms with van der Waals surface area (Å²) in [6.07, 6.45) is 0. The molecule has 0 saturated heterocycles. The maximum Gasteiger partial charge on any atom is 0.344 e. The summed E-state index contributed by atoms with van der Waals surface area (Å²) in [5, 5.41) is 7.41. The number of carbonyl (C=O) groups excluding carboxylic acids is 1. The molecule has 0 aliphatic carbocycles. The first-order valence-electron chi connectivity index (χ1n) is 3.66. The Morgan fingerprint density at radius 1 is 1.54 bits per heavy atom. The molecule has 0 spiro atoms. The Bertz CT molecular complexity index is 215. The number of hydrogen-bond acceptors (Lipinski definition) is 5. The van der Waals surface area contributed by atoms with Gasteiger partial charge < -0.3 is 9.47 Å². The van der Waals surface area contributed by atoms with Crippen molar-refractivity contribution in [2.24, 2.45) is 0 Å². The van der Waals surface area contributed by atoms with Gasteiger partial charge in [0, 0.05) is 7.11 Å². The molecule has 0 amide bonds. The maximum atomic E-state index is 11.1. The first-order chi connectivity index (χ1) is 6.07. The largest absolute Gasteiger partial charge is 0.459 e. The molecule has 0 unspecified atom stereocenters. The minimum Gasteiger partial charge on any atom is -0.459 e. The van der Waals surface area contributed by atoms with E-state index in [9.17, 15) is 4.79 Å². The Morgan fingerprint density at radius 3 is 2.62 bits per heavy atom. The zero-order chi connectivity index (χ0) is 10.3. The van der Waals surface area contributed by atoms with E-state index in [0.717, 1.165) is 11.8 Å². The zero-order valence-electron chi connectivity index (χ0n) is 7.75. The molecule has 0 radical (unpaired) electrons. The Labute approximate surface area is 81.8 Å². The van der Waals surface area contributed by atoms with Crippen LogP contribution in [-0.2, 0) is 14.3 Å². The monoisotopic (exact) mass is 203 g/mol. The summed E-state index contributed by atoms with van der Waals surface area (Å²) in [4.78, 5) is 11.3. The van der Waals surface area contributed by atoms with Gasteiger partial charge in [0.05, 0.1) is 16.6 Å². The molecule has 0 aromatic heterocycles. The van der Waals surface area contributed by atoms with E-state index in [0.29, 0.717) is 11.7 Å². The highest BCUT2D eigenvalue weighted by Crippen LogP contribution is 2.15. The van der Waals surface area contributed by atoms with Crippen molar-refractivity contribution in [2.45, 2.75) is 6.92 Å². The van der Waals surface area contributed by atoms with Crippen LogP contribution in [0.1, 0.15) is 6.92 Å². The number of rotatable bonds is 5. The molecule has 0 aliphatic heterocycles. The Hall–Kier alpha value is -0.810. The molecule has 0 aromatic carbocycles. The molecular weight excluding hydrogens is 190 g/mol. The smallest absolute Gasteiger partial charge is 0.344 e. The second-order valence-electron chi connectivity index (χ2n) is 2.21. The van der Waals surface area contributed by atoms with Gasteiger partial charge >= 0.3 is 5.97 Å². The average molecular weight is 203 g/mol. The van der Waals surface area contributed by atoms with Crippen molar-refractivity contribution in [3.63, 3.8) is 0 Å². The molecule has 74 valence electrons. The van der Waals surface area contributed by atoms with Crippen LogP contribution in [0, 0.1) is 5.41 Å². The minimum absolute atomic E-state index is 0.214. The quantitative estimate of drug-likeness (QED) is 0.241. The fraction of sp³-hybridized carbons (Fsp3) is 0.500. The summed E-state index contributed by atoms with van der Waals surface area (Å²) in [5.41, 5.74) is 0. The lowest BCUT2D eigenvalue weighted by Crippen LogP contribution is -2.10. The van der Waals surface area contributed by atoms with Gasteiger partial charge in [0.15, 0.2) is 0 Å². The molecule has 5 heteroatoms. The van der Waals surface area contributed by atoms with Crippen LogP contribution in [0.2, 0.25) is 0 Å². The highest BCUT2D eigenvalue weighted by molar-refractivity contribution is 8.17. The number of hydrogen-bond donors (Lipinski definition) is 1. The molecule has 0 atom stereocenters. The normalized spacial score (nSPS) is 9.38. The summed E-state index contributed by atoms with van der Waals surface area (Å²) in [6, 6.07) is 0. The molecule has 1 N–H and O–H groups in total. The van der Waals surface area contributed by atoms with Crippen LogP contribution in [0.5, 0.6) is 0 Å². The van der Waals surface area contributed by atoms with E-state index < -0.39 is 5.97 Å². The molecular formula is C8H13NO3S. The third-order valence-corrected chi connectivity index (χ3v) is 1.74. The minimum atomic E-state index is -0.492. The van der Waals surface area contributed by atoms with Crippen molar-refractivity contribution < 1.29 is 14.3 Å². The van der Waals surface area contributed by atoms with E-state index in [1.54, 1.807) is 6.92 Å². The topological polar surface area (TPSA) is 59.4 Å². The molecule has 0 rings (SSSR count). The Kier molecular flexibility index (Phi) is 6.26. The average Bonchev–Trinajstić information content (AvgIpc) is 2.03. The van der Waals surface area contributed by atoms with E-state index in [1.807, 2.05) is 0 Å². The summed E-state index contributed by atoms with van der Waals surface area (Å²) in [6.45, 7) is 5.64. The second-order valence-corrected chi connectivity index (χ2v) is 3.52. The molecule has 0 fully saturated rings. The highest BCUT2D eigenvalue weighted by atomic mass is 32.2. The van der Waals surface area contributed by atoms with E-state index in [-0.39, 0.29) is 11.5 Å². The van der Waals surface area contributed by atoms with E-state index in [1.165, 1.54) is 7.11 Å². The van der Waals surface area contributed by atoms with E-state index in [2.05, 4.69) is 6.58 Å². The van der Waals surface area contributed by atoms with Crippen LogP contribution in [0.15, 0.2) is 11.5 Å². The first kappa shape index (κ1) is 12.2. The van der Waals surface area contributed by atoms with Gasteiger partial charge in [0.2, 0.25) is 0 Å². The summed E-state index contributed by atoms with van der Waals surface area (Å²) in [7, 11) is 1.53. The van der Waals surface area contributed by atoms with Crippen LogP contribution in [0.25, 0.3) is 0 Å². The highest BCUT2D eigenvalue weighted by Gasteiger charge is 2.09. The third kappa shape index (κ3) is 6.36. The molecule has 0 aromatic rings. The van der Waals surface area contributed by atoms with Crippen LogP contribution in [-0.4, -0.2) is 31.3 Å². The molecule has 0 bridgehead atoms. The van der Waals surface area contributed by atoms with Crippen LogP contribution < -0.4 is 0 Å². The predicted molar refractivity (Wildman–Crippen MR) is 53.0 cm³/mol. The Morgan fingerprint density at radius 2 is 2.15 bits per heavy atom. The van der Waals surface area contributed by atoms with Gasteiger partial charge in [0.1, 0.15) is 6.61 Å². The summed E-state index contributed by atoms with van der Waals surface area (Å²) < 4.78 is 9.46. The van der Waals surface area contributed by atoms with Crippen LogP contribution in [0.3, 0.4) is 0 Å². The Balaban J connectivity index is 3.70. The maximum absolute atomic E-state index is 11.1. The second kappa shape index (κ2) is 6.68. The SMILES string of the molecule is C=C(SC(C)=N)C(=O)OCCOC. The lowest BCUT2D eigenvalue weighted by molar-refractivity contribution is -0.139. The van der Waals surface area contributed by atoms with Gasteiger partial charge in [-0.25, -0.2) is 4.79 Å². The van der Waals surface area contributed by atoms with Crippen molar-refractivity contribution >= 4 is 22.8 Å². The molecule has 0 aliphatic rings. The third-order valence-electron chi connectivity index (χ3n) is 1.02. The van der Waals surface area contributed by atoms with Crippen molar-refractivity contribution in [2.75, 3.05) is 20.3 Å². The van der Waals surface area contributed by atoms with Crippen molar-refractivity contribution in [1.82, 2.24) is 0 Å². The standard InChI is InChI=1S/C8H13NO3S/c1-6(13-7(2)9)8(10)12-5-4-11-3/h9H,1,4-5H2,2-3H3. The van der Waals surface area contributed by atoms with Crippen molar-refractivity contribution in [3.8, 4) is 0 Å². The number of methoxy groups -OCH3 is 1. The molecule has 13 heavy (non-hydrogen) atoms. The molecule has 0 heterocycles. The van der Waals surface area contributed by atoms with Gasteiger partial charge in [0.25, 0.3) is 0 Å². The van der Waals surface area contributed by atoms with Crippen molar-refractivity contribution in [1.29, 1.82) is 5.41 Å². The van der Waals surface area contributed by atoms with Gasteiger partial charge in [-0.2, -0.15) is 0 Å². The van der Waals surface area contributed by atoms with Crippen molar-refractivity contribution in [3.05, 3.63) is 11.5 Å². The number of nitrogens with one attached hydrogen (secondary N) is 1. The number of thioether (sulfide) groups is 1. The van der Waals surface area contributed by atoms with E-state index in [4.69, 9.17) is 14.9 Å². The zero-order valence-corrected chi connectivity index (χ0v) is 8.57. The van der Waals surface area contributed by atoms with Gasteiger partial charge in [-0.1, -0.05) is 18.3 Å². The van der Waals surface area contributed by atoms with Crippen LogP contribution >= 0.6 is 11.8 Å². The fourth-order valence-electron chi connectivity index (χ4n) is 0.525. The van der Waals surface area contributed by atoms with Gasteiger partial charge in [-0.3, -0.25) is 5.41 Å². The first-order valence-corrected chi connectivity index (χ1v) is 4.47. The van der Waals surface area contributed by atoms with Gasteiger partial charge in [-0.05, 0) is 6.92 Å². The summed E-state index contributed by atoms with van der Waals surface area (Å²) in [5.74, 6) is -0.492. The number of esters is 1. The fourth-order valence-corrected chi connectivity index (χ4v) is 1.04. The van der Waals surface area contributed by atoms with Gasteiger partial charge in [-0.15, -0.1) is 0 Å². The summed E-state index contributed by atoms with van der Waals surface area (Å²) >= 11 is 0.994. The molecule has 4 nitrogen and oxygen atoms in total. The van der Waals surface area contributed by atoms with Crippen LogP contribution in [0.4, 0.5) is 0 Å². The number of ether oxygens (including phenoxy) is 2. The number of carbonyl (C=O) groups is 1.